The number of ketones is 1. The van der Waals surface area contributed by atoms with Crippen molar-refractivity contribution in [1.29, 1.82) is 0 Å². The number of para-hydroxylation sites is 2. The number of carbonyl (C=O) groups excluding carboxylic acids is 2. The summed E-state index contributed by atoms with van der Waals surface area (Å²) in [5.74, 6) is -1.54. The van der Waals surface area contributed by atoms with Crippen LogP contribution < -0.4 is 4.90 Å². The number of rotatable bonds is 5. The number of nitrogens with zero attached hydrogens (tertiary/aromatic N) is 2. The first-order valence-corrected chi connectivity index (χ1v) is 12.3. The lowest BCUT2D eigenvalue weighted by Crippen LogP contribution is -2.30. The number of hydrogen-bond donors (Lipinski definition) is 2. The van der Waals surface area contributed by atoms with E-state index >= 15 is 0 Å². The zero-order chi connectivity index (χ0) is 24.8. The molecule has 1 atom stereocenters. The first kappa shape index (κ1) is 22.0. The maximum absolute atomic E-state index is 14.1. The van der Waals surface area contributed by atoms with Gasteiger partial charge in [0.05, 0.1) is 22.2 Å². The summed E-state index contributed by atoms with van der Waals surface area (Å²) < 4.78 is 0. The molecule has 1 amide bonds. The highest BCUT2D eigenvalue weighted by atomic mass is 32.1. The van der Waals surface area contributed by atoms with Crippen LogP contribution in [-0.2, 0) is 4.79 Å². The van der Waals surface area contributed by atoms with Gasteiger partial charge in [-0.25, -0.2) is 4.98 Å². The van der Waals surface area contributed by atoms with E-state index in [9.17, 15) is 14.7 Å². The van der Waals surface area contributed by atoms with Gasteiger partial charge in [-0.1, -0.05) is 66.7 Å². The third kappa shape index (κ3) is 3.44. The summed E-state index contributed by atoms with van der Waals surface area (Å²) in [7, 11) is 0. The number of anilines is 1. The molecule has 1 unspecified atom stereocenters. The Bertz CT molecular complexity index is 1650. The Kier molecular flexibility index (Phi) is 5.27. The van der Waals surface area contributed by atoms with Crippen molar-refractivity contribution in [3.8, 4) is 10.6 Å². The van der Waals surface area contributed by atoms with Crippen molar-refractivity contribution in [2.24, 2.45) is 0 Å². The topological polar surface area (TPSA) is 86.3 Å². The predicted molar refractivity (Wildman–Crippen MR) is 141 cm³/mol. The standard InChI is InChI=1S/C29H21N3O3S/c1-17-27(36-28(31-17)18-10-4-2-5-11-18)25(33)23-24(21-16-30-22-15-9-8-14-20(21)22)32(29(35)26(23)34)19-12-6-3-7-13-19/h2-16,24,30,34H,1H3. The van der Waals surface area contributed by atoms with Gasteiger partial charge in [0.2, 0.25) is 5.78 Å². The molecular formula is C29H21N3O3S. The first-order chi connectivity index (χ1) is 17.5. The van der Waals surface area contributed by atoms with Gasteiger partial charge >= 0.3 is 0 Å². The highest BCUT2D eigenvalue weighted by Crippen LogP contribution is 2.45. The molecule has 176 valence electrons. The van der Waals surface area contributed by atoms with Crippen LogP contribution in [0.1, 0.15) is 27.0 Å². The van der Waals surface area contributed by atoms with E-state index in [-0.39, 0.29) is 5.57 Å². The minimum absolute atomic E-state index is 0.0555. The van der Waals surface area contributed by atoms with Crippen molar-refractivity contribution in [2.75, 3.05) is 4.90 Å². The van der Waals surface area contributed by atoms with Gasteiger partial charge < -0.3 is 10.1 Å². The lowest BCUT2D eigenvalue weighted by Gasteiger charge is -2.26. The van der Waals surface area contributed by atoms with E-state index in [0.29, 0.717) is 21.3 Å². The average Bonchev–Trinajstić information content (AvgIpc) is 3.59. The van der Waals surface area contributed by atoms with Crippen LogP contribution in [0.2, 0.25) is 0 Å². The molecule has 2 aromatic heterocycles. The molecule has 0 spiro atoms. The monoisotopic (exact) mass is 491 g/mol. The summed E-state index contributed by atoms with van der Waals surface area (Å²) in [5, 5.41) is 12.7. The fourth-order valence-corrected chi connectivity index (χ4v) is 5.77. The molecule has 6 nitrogen and oxygen atoms in total. The van der Waals surface area contributed by atoms with Gasteiger partial charge in [0, 0.05) is 33.9 Å². The van der Waals surface area contributed by atoms with Crippen LogP contribution in [0.3, 0.4) is 0 Å². The maximum atomic E-state index is 14.1. The Morgan fingerprint density at radius 2 is 1.64 bits per heavy atom. The summed E-state index contributed by atoms with van der Waals surface area (Å²) in [5.41, 5.74) is 3.74. The number of carbonyl (C=O) groups is 2. The summed E-state index contributed by atoms with van der Waals surface area (Å²) in [6.45, 7) is 1.78. The van der Waals surface area contributed by atoms with Gasteiger partial charge in [-0.2, -0.15) is 0 Å². The first-order valence-electron chi connectivity index (χ1n) is 11.5. The van der Waals surface area contributed by atoms with Crippen molar-refractivity contribution in [1.82, 2.24) is 9.97 Å². The number of nitrogens with one attached hydrogen (secondary N) is 1. The van der Waals surface area contributed by atoms with E-state index in [4.69, 9.17) is 0 Å². The van der Waals surface area contributed by atoms with E-state index in [0.717, 1.165) is 22.0 Å². The fourth-order valence-electron chi connectivity index (χ4n) is 4.74. The van der Waals surface area contributed by atoms with Gasteiger partial charge in [0.25, 0.3) is 5.91 Å². The molecule has 36 heavy (non-hydrogen) atoms. The molecule has 1 aliphatic heterocycles. The number of amides is 1. The predicted octanol–water partition coefficient (Wildman–Crippen LogP) is 6.38. The summed E-state index contributed by atoms with van der Waals surface area (Å²) in [6, 6.07) is 25.6. The second-order valence-electron chi connectivity index (χ2n) is 8.59. The van der Waals surface area contributed by atoms with Crippen molar-refractivity contribution >= 4 is 39.6 Å². The second-order valence-corrected chi connectivity index (χ2v) is 9.59. The zero-order valence-corrected chi connectivity index (χ0v) is 20.1. The molecule has 2 N–H and O–H groups in total. The van der Waals surface area contributed by atoms with Gasteiger partial charge in [0.15, 0.2) is 5.76 Å². The number of H-pyrrole nitrogens is 1. The van der Waals surface area contributed by atoms with E-state index in [1.54, 1.807) is 25.3 Å². The molecular weight excluding hydrogens is 470 g/mol. The smallest absolute Gasteiger partial charge is 0.294 e. The maximum Gasteiger partial charge on any atom is 0.294 e. The number of Topliss-reactive ketones (excluding diaryl/α,β-unsaturated/α-hetero) is 1. The molecule has 0 saturated carbocycles. The number of hydrogen-bond acceptors (Lipinski definition) is 5. The van der Waals surface area contributed by atoms with E-state index in [2.05, 4.69) is 9.97 Å². The van der Waals surface area contributed by atoms with Crippen LogP contribution in [-0.4, -0.2) is 26.8 Å². The third-order valence-electron chi connectivity index (χ3n) is 6.43. The molecule has 0 saturated heterocycles. The van der Waals surface area contributed by atoms with Crippen molar-refractivity contribution < 1.29 is 14.7 Å². The summed E-state index contributed by atoms with van der Waals surface area (Å²) >= 11 is 1.27. The molecule has 0 fully saturated rings. The zero-order valence-electron chi connectivity index (χ0n) is 19.3. The SMILES string of the molecule is Cc1nc(-c2ccccc2)sc1C(=O)C1=C(O)C(=O)N(c2ccccc2)C1c1c[nH]c2ccccc12. The number of fused-ring (bicyclic) bond motifs is 1. The van der Waals surface area contributed by atoms with Crippen molar-refractivity contribution in [3.63, 3.8) is 0 Å². The van der Waals surface area contributed by atoms with Crippen LogP contribution in [0, 0.1) is 6.92 Å². The Hall–Kier alpha value is -4.49. The molecule has 6 rings (SSSR count). The normalized spacial score (nSPS) is 15.8. The lowest BCUT2D eigenvalue weighted by molar-refractivity contribution is -0.117. The molecule has 5 aromatic rings. The Balaban J connectivity index is 1.52. The highest BCUT2D eigenvalue weighted by Gasteiger charge is 2.46. The number of aromatic nitrogens is 2. The molecule has 0 bridgehead atoms. The van der Waals surface area contributed by atoms with Gasteiger partial charge in [0.1, 0.15) is 5.01 Å². The Labute approximate surface area is 211 Å². The summed E-state index contributed by atoms with van der Waals surface area (Å²) in [4.78, 5) is 37.3. The Morgan fingerprint density at radius 3 is 2.39 bits per heavy atom. The van der Waals surface area contributed by atoms with E-state index in [1.165, 1.54) is 16.2 Å². The molecule has 0 aliphatic carbocycles. The number of benzene rings is 3. The minimum atomic E-state index is -0.801. The molecule has 3 aromatic carbocycles. The van der Waals surface area contributed by atoms with Crippen LogP contribution in [0.5, 0.6) is 0 Å². The van der Waals surface area contributed by atoms with Crippen LogP contribution in [0.4, 0.5) is 5.69 Å². The number of thiazole rings is 1. The summed E-state index contributed by atoms with van der Waals surface area (Å²) in [6.07, 6.45) is 1.80. The van der Waals surface area contributed by atoms with Gasteiger partial charge in [-0.3, -0.25) is 14.5 Å². The largest absolute Gasteiger partial charge is 0.503 e. The third-order valence-corrected chi connectivity index (χ3v) is 7.63. The number of aryl methyl sites for hydroxylation is 1. The van der Waals surface area contributed by atoms with Crippen LogP contribution >= 0.6 is 11.3 Å². The highest BCUT2D eigenvalue weighted by molar-refractivity contribution is 7.17. The van der Waals surface area contributed by atoms with Crippen molar-refractivity contribution in [3.05, 3.63) is 119 Å². The van der Waals surface area contributed by atoms with Gasteiger partial charge in [-0.05, 0) is 25.1 Å². The Morgan fingerprint density at radius 1 is 0.972 bits per heavy atom. The van der Waals surface area contributed by atoms with E-state index in [1.807, 2.05) is 72.8 Å². The number of aliphatic hydroxyl groups is 1. The number of aliphatic hydroxyl groups excluding tert-OH is 1. The molecule has 1 aliphatic rings. The van der Waals surface area contributed by atoms with Gasteiger partial charge in [-0.15, -0.1) is 11.3 Å². The molecule has 7 heteroatoms. The second kappa shape index (κ2) is 8.62. The minimum Gasteiger partial charge on any atom is -0.503 e. The fraction of sp³-hybridized carbons (Fsp3) is 0.0690. The van der Waals surface area contributed by atoms with Crippen LogP contribution in [0.25, 0.3) is 21.5 Å². The molecule has 3 heterocycles. The number of aromatic amines is 1. The van der Waals surface area contributed by atoms with E-state index < -0.39 is 23.5 Å². The average molecular weight is 492 g/mol. The quantitative estimate of drug-likeness (QED) is 0.279. The molecule has 0 radical (unpaired) electrons. The van der Waals surface area contributed by atoms with Crippen LogP contribution in [0.15, 0.2) is 102 Å². The van der Waals surface area contributed by atoms with Crippen molar-refractivity contribution in [2.45, 2.75) is 13.0 Å². The lowest BCUT2D eigenvalue weighted by atomic mass is 9.94.